The number of hydrazone groups is 1. The smallest absolute Gasteiger partial charge is 0.341 e. The van der Waals surface area contributed by atoms with E-state index in [4.69, 9.17) is 9.47 Å². The molecule has 29 heavy (non-hydrogen) atoms. The Morgan fingerprint density at radius 1 is 1.21 bits per heavy atom. The van der Waals surface area contributed by atoms with E-state index in [2.05, 4.69) is 15.8 Å². The van der Waals surface area contributed by atoms with Crippen molar-refractivity contribution in [3.05, 3.63) is 39.8 Å². The Hall–Kier alpha value is -3.40. The number of methoxy groups -OCH3 is 2. The van der Waals surface area contributed by atoms with E-state index in [1.54, 1.807) is 6.07 Å². The van der Waals surface area contributed by atoms with Crippen molar-refractivity contribution >= 4 is 40.3 Å². The number of phenolic OH excluding ortho intramolecular Hbond substituents is 1. The van der Waals surface area contributed by atoms with E-state index in [0.29, 0.717) is 16.1 Å². The molecule has 0 bridgehead atoms. The highest BCUT2D eigenvalue weighted by atomic mass is 32.1. The van der Waals surface area contributed by atoms with Gasteiger partial charge in [-0.1, -0.05) is 0 Å². The molecule has 0 saturated carbocycles. The van der Waals surface area contributed by atoms with Gasteiger partial charge in [0.25, 0.3) is 0 Å². The maximum absolute atomic E-state index is 12.2. The second-order valence-corrected chi connectivity index (χ2v) is 7.24. The van der Waals surface area contributed by atoms with Crippen LogP contribution >= 0.6 is 11.3 Å². The van der Waals surface area contributed by atoms with E-state index in [0.717, 1.165) is 29.7 Å². The monoisotopic (exact) mass is 417 g/mol. The molecular weight excluding hydrogens is 398 g/mol. The van der Waals surface area contributed by atoms with Gasteiger partial charge in [0.05, 0.1) is 26.0 Å². The summed E-state index contributed by atoms with van der Waals surface area (Å²) in [5.41, 5.74) is 3.85. The second-order valence-electron chi connectivity index (χ2n) is 6.14. The number of hydrogen-bond acceptors (Lipinski definition) is 8. The molecule has 0 saturated heterocycles. The first-order valence-electron chi connectivity index (χ1n) is 8.68. The Morgan fingerprint density at radius 3 is 2.72 bits per heavy atom. The van der Waals surface area contributed by atoms with Gasteiger partial charge in [0, 0.05) is 4.88 Å². The standard InChI is InChI=1S/C19H19N3O6S/c1-27-13-8-10(6-7-12(13)23)9-20-22-17(25)16(24)21-18-15(19(26)28-2)11-4-3-5-14(11)29-18/h6-9,23H,3-5H2,1-2H3,(H,21,24)(H,22,25)/b20-9+. The zero-order valence-corrected chi connectivity index (χ0v) is 16.6. The lowest BCUT2D eigenvalue weighted by molar-refractivity contribution is -0.136. The van der Waals surface area contributed by atoms with Crippen LogP contribution in [-0.2, 0) is 27.2 Å². The van der Waals surface area contributed by atoms with Crippen molar-refractivity contribution in [3.63, 3.8) is 0 Å². The molecule has 1 aliphatic carbocycles. The Bertz CT molecular complexity index is 998. The molecule has 0 radical (unpaired) electrons. The third-order valence-electron chi connectivity index (χ3n) is 4.33. The number of carbonyl (C=O) groups excluding carboxylic acids is 3. The zero-order chi connectivity index (χ0) is 21.0. The van der Waals surface area contributed by atoms with Crippen LogP contribution in [0.2, 0.25) is 0 Å². The van der Waals surface area contributed by atoms with Gasteiger partial charge < -0.3 is 19.9 Å². The minimum absolute atomic E-state index is 0.0303. The van der Waals surface area contributed by atoms with Crippen molar-refractivity contribution in [2.24, 2.45) is 5.10 Å². The van der Waals surface area contributed by atoms with E-state index in [-0.39, 0.29) is 11.5 Å². The van der Waals surface area contributed by atoms with Crippen LogP contribution in [0.5, 0.6) is 11.5 Å². The number of aromatic hydroxyl groups is 1. The fourth-order valence-electron chi connectivity index (χ4n) is 2.96. The first-order chi connectivity index (χ1) is 13.9. The summed E-state index contributed by atoms with van der Waals surface area (Å²) in [6.45, 7) is 0. The van der Waals surface area contributed by atoms with Crippen molar-refractivity contribution < 1.29 is 29.0 Å². The Balaban J connectivity index is 1.66. The number of nitrogens with zero attached hydrogens (tertiary/aromatic N) is 1. The number of aryl methyl sites for hydroxylation is 1. The highest BCUT2D eigenvalue weighted by molar-refractivity contribution is 7.17. The molecule has 3 N–H and O–H groups in total. The molecule has 1 aromatic heterocycles. The van der Waals surface area contributed by atoms with Crippen LogP contribution in [0.25, 0.3) is 0 Å². The molecule has 10 heteroatoms. The van der Waals surface area contributed by atoms with Gasteiger partial charge >= 0.3 is 17.8 Å². The van der Waals surface area contributed by atoms with Gasteiger partial charge in [-0.25, -0.2) is 10.2 Å². The maximum Gasteiger partial charge on any atom is 0.341 e. The Morgan fingerprint density at radius 2 is 2.00 bits per heavy atom. The summed E-state index contributed by atoms with van der Waals surface area (Å²) in [6, 6.07) is 4.49. The van der Waals surface area contributed by atoms with Crippen molar-refractivity contribution in [1.82, 2.24) is 5.43 Å². The SMILES string of the molecule is COC(=O)c1c(NC(=O)C(=O)N/N=C/c2ccc(O)c(OC)c2)sc2c1CCC2. The highest BCUT2D eigenvalue weighted by Gasteiger charge is 2.29. The average Bonchev–Trinajstić information content (AvgIpc) is 3.29. The molecule has 1 aromatic carbocycles. The number of carbonyl (C=O) groups is 3. The van der Waals surface area contributed by atoms with E-state index in [1.165, 1.54) is 43.9 Å². The number of fused-ring (bicyclic) bond motifs is 1. The molecule has 2 amide bonds. The van der Waals surface area contributed by atoms with Gasteiger partial charge in [0.1, 0.15) is 5.00 Å². The molecular formula is C19H19N3O6S. The summed E-state index contributed by atoms with van der Waals surface area (Å²) in [4.78, 5) is 37.3. The van der Waals surface area contributed by atoms with Crippen LogP contribution in [0.3, 0.4) is 0 Å². The number of rotatable bonds is 5. The van der Waals surface area contributed by atoms with E-state index < -0.39 is 17.8 Å². The molecule has 0 spiro atoms. The number of esters is 1. The number of hydrogen-bond donors (Lipinski definition) is 3. The second kappa shape index (κ2) is 8.74. The highest BCUT2D eigenvalue weighted by Crippen LogP contribution is 2.39. The third kappa shape index (κ3) is 4.37. The van der Waals surface area contributed by atoms with Gasteiger partial charge in [-0.05, 0) is 48.6 Å². The van der Waals surface area contributed by atoms with Crippen molar-refractivity contribution in [2.45, 2.75) is 19.3 Å². The molecule has 0 fully saturated rings. The van der Waals surface area contributed by atoms with Gasteiger partial charge in [-0.15, -0.1) is 11.3 Å². The van der Waals surface area contributed by atoms with Crippen LogP contribution in [0, 0.1) is 0 Å². The molecule has 1 aliphatic rings. The van der Waals surface area contributed by atoms with Crippen LogP contribution in [0.15, 0.2) is 23.3 Å². The summed E-state index contributed by atoms with van der Waals surface area (Å²) in [7, 11) is 2.68. The molecule has 152 valence electrons. The zero-order valence-electron chi connectivity index (χ0n) is 15.8. The number of thiophene rings is 1. The van der Waals surface area contributed by atoms with Crippen LogP contribution in [0.4, 0.5) is 5.00 Å². The average molecular weight is 417 g/mol. The quantitative estimate of drug-likeness (QED) is 0.295. The number of nitrogens with one attached hydrogen (secondary N) is 2. The van der Waals surface area contributed by atoms with Crippen molar-refractivity contribution in [2.75, 3.05) is 19.5 Å². The maximum atomic E-state index is 12.2. The predicted molar refractivity (Wildman–Crippen MR) is 107 cm³/mol. The largest absolute Gasteiger partial charge is 0.504 e. The van der Waals surface area contributed by atoms with Gasteiger partial charge in [-0.3, -0.25) is 9.59 Å². The molecule has 2 aromatic rings. The molecule has 1 heterocycles. The molecule has 0 atom stereocenters. The summed E-state index contributed by atoms with van der Waals surface area (Å²) in [5.74, 6) is -2.26. The first kappa shape index (κ1) is 20.3. The Kier molecular flexibility index (Phi) is 6.13. The molecule has 0 aliphatic heterocycles. The predicted octanol–water partition coefficient (Wildman–Crippen LogP) is 1.83. The molecule has 9 nitrogen and oxygen atoms in total. The van der Waals surface area contributed by atoms with Gasteiger partial charge in [-0.2, -0.15) is 5.10 Å². The fourth-order valence-corrected chi connectivity index (χ4v) is 4.23. The summed E-state index contributed by atoms with van der Waals surface area (Å²) in [5, 5.41) is 16.1. The lowest BCUT2D eigenvalue weighted by Crippen LogP contribution is -2.32. The summed E-state index contributed by atoms with van der Waals surface area (Å²) >= 11 is 1.28. The van der Waals surface area contributed by atoms with Crippen LogP contribution < -0.4 is 15.5 Å². The normalized spacial score (nSPS) is 12.5. The first-order valence-corrected chi connectivity index (χ1v) is 9.50. The van der Waals surface area contributed by atoms with E-state index in [9.17, 15) is 19.5 Å². The third-order valence-corrected chi connectivity index (χ3v) is 5.53. The molecule has 0 unspecified atom stereocenters. The fraction of sp³-hybridized carbons (Fsp3) is 0.263. The van der Waals surface area contributed by atoms with E-state index in [1.807, 2.05) is 0 Å². The van der Waals surface area contributed by atoms with Gasteiger partial charge in [0.15, 0.2) is 11.5 Å². The Labute approximate surface area is 170 Å². The number of benzene rings is 1. The topological polar surface area (TPSA) is 126 Å². The number of phenols is 1. The summed E-state index contributed by atoms with van der Waals surface area (Å²) < 4.78 is 9.79. The molecule has 3 rings (SSSR count). The van der Waals surface area contributed by atoms with Gasteiger partial charge in [0.2, 0.25) is 0 Å². The minimum Gasteiger partial charge on any atom is -0.504 e. The van der Waals surface area contributed by atoms with Crippen LogP contribution in [-0.4, -0.2) is 43.3 Å². The number of amides is 2. The van der Waals surface area contributed by atoms with Crippen molar-refractivity contribution in [3.8, 4) is 11.5 Å². The lowest BCUT2D eigenvalue weighted by atomic mass is 10.1. The number of anilines is 1. The van der Waals surface area contributed by atoms with Crippen molar-refractivity contribution in [1.29, 1.82) is 0 Å². The van der Waals surface area contributed by atoms with Crippen LogP contribution in [0.1, 0.15) is 32.8 Å². The van der Waals surface area contributed by atoms with E-state index >= 15 is 0 Å². The minimum atomic E-state index is -0.989. The summed E-state index contributed by atoms with van der Waals surface area (Å²) in [6.07, 6.45) is 3.80. The number of ether oxygens (including phenoxy) is 2. The lowest BCUT2D eigenvalue weighted by Gasteiger charge is -2.06.